The van der Waals surface area contributed by atoms with Crippen LogP contribution in [0.25, 0.3) is 0 Å². The smallest absolute Gasteiger partial charge is 0.253 e. The Morgan fingerprint density at radius 2 is 1.64 bits per heavy atom. The van der Waals surface area contributed by atoms with E-state index in [0.29, 0.717) is 25.7 Å². The number of carbonyl (C=O) groups excluding carboxylic acids is 2. The number of nitrogens with zero attached hydrogens (tertiary/aromatic N) is 3. The van der Waals surface area contributed by atoms with Gasteiger partial charge in [-0.15, -0.1) is 0 Å². The highest BCUT2D eigenvalue weighted by Gasteiger charge is 2.26. The van der Waals surface area contributed by atoms with Gasteiger partial charge in [0.2, 0.25) is 5.91 Å². The van der Waals surface area contributed by atoms with E-state index in [2.05, 4.69) is 4.90 Å². The summed E-state index contributed by atoms with van der Waals surface area (Å²) in [5.41, 5.74) is 0.740. The van der Waals surface area contributed by atoms with Crippen LogP contribution < -0.4 is 0 Å². The number of amides is 2. The fourth-order valence-electron chi connectivity index (χ4n) is 3.85. The highest BCUT2D eigenvalue weighted by atomic mass is 16.2. The molecule has 2 amide bonds. The summed E-state index contributed by atoms with van der Waals surface area (Å²) in [7, 11) is 1.95. The Morgan fingerprint density at radius 1 is 1.00 bits per heavy atom. The number of likely N-dealkylation sites (N-methyl/N-ethyl adjacent to an activating group) is 1. The lowest BCUT2D eigenvalue weighted by atomic mass is 9.94. The van der Waals surface area contributed by atoms with Crippen LogP contribution in [-0.4, -0.2) is 72.3 Å². The van der Waals surface area contributed by atoms with Gasteiger partial charge < -0.3 is 9.80 Å². The Balaban J connectivity index is 1.46. The molecule has 0 bridgehead atoms. The highest BCUT2D eigenvalue weighted by molar-refractivity contribution is 5.94. The van der Waals surface area contributed by atoms with Gasteiger partial charge in [0.1, 0.15) is 0 Å². The van der Waals surface area contributed by atoms with Crippen molar-refractivity contribution in [1.29, 1.82) is 0 Å². The predicted molar refractivity (Wildman–Crippen MR) is 98.4 cm³/mol. The molecular weight excluding hydrogens is 314 g/mol. The summed E-state index contributed by atoms with van der Waals surface area (Å²) in [6.07, 6.45) is 6.06. The molecule has 5 nitrogen and oxygen atoms in total. The van der Waals surface area contributed by atoms with Crippen molar-refractivity contribution in [3.63, 3.8) is 0 Å². The standard InChI is InChI=1S/C20H29N3O2/c1-21(18-10-6-3-7-11-18)19(24)16-22-12-14-23(15-13-22)20(25)17-8-4-2-5-9-17/h2,4-5,8-9,18H,3,6-7,10-16H2,1H3. The van der Waals surface area contributed by atoms with Crippen molar-refractivity contribution in [3.05, 3.63) is 35.9 Å². The molecule has 5 heteroatoms. The fourth-order valence-corrected chi connectivity index (χ4v) is 3.85. The maximum atomic E-state index is 12.6. The molecule has 136 valence electrons. The largest absolute Gasteiger partial charge is 0.342 e. The lowest BCUT2D eigenvalue weighted by Crippen LogP contribution is -2.52. The molecule has 3 rings (SSSR count). The van der Waals surface area contributed by atoms with Gasteiger partial charge >= 0.3 is 0 Å². The van der Waals surface area contributed by atoms with Crippen molar-refractivity contribution >= 4 is 11.8 Å². The van der Waals surface area contributed by atoms with Crippen molar-refractivity contribution < 1.29 is 9.59 Å². The molecule has 0 unspecified atom stereocenters. The van der Waals surface area contributed by atoms with E-state index in [1.807, 2.05) is 47.2 Å². The van der Waals surface area contributed by atoms with E-state index in [4.69, 9.17) is 0 Å². The molecule has 1 saturated carbocycles. The van der Waals surface area contributed by atoms with Gasteiger partial charge in [-0.25, -0.2) is 0 Å². The van der Waals surface area contributed by atoms with Crippen LogP contribution >= 0.6 is 0 Å². The molecule has 0 atom stereocenters. The van der Waals surface area contributed by atoms with E-state index in [1.165, 1.54) is 19.3 Å². The number of piperazine rings is 1. The van der Waals surface area contributed by atoms with Gasteiger partial charge in [0.05, 0.1) is 6.54 Å². The average Bonchev–Trinajstić information content (AvgIpc) is 2.68. The zero-order valence-corrected chi connectivity index (χ0v) is 15.2. The summed E-state index contributed by atoms with van der Waals surface area (Å²) in [6.45, 7) is 3.38. The van der Waals surface area contributed by atoms with Crippen LogP contribution in [0.3, 0.4) is 0 Å². The third-order valence-corrected chi connectivity index (χ3v) is 5.55. The second-order valence-electron chi connectivity index (χ2n) is 7.23. The maximum absolute atomic E-state index is 12.6. The summed E-state index contributed by atoms with van der Waals surface area (Å²) < 4.78 is 0. The fraction of sp³-hybridized carbons (Fsp3) is 0.600. The lowest BCUT2D eigenvalue weighted by molar-refractivity contribution is -0.134. The van der Waals surface area contributed by atoms with Crippen LogP contribution in [0.5, 0.6) is 0 Å². The predicted octanol–water partition coefficient (Wildman–Crippen LogP) is 2.24. The molecular formula is C20H29N3O2. The molecule has 1 heterocycles. The average molecular weight is 343 g/mol. The van der Waals surface area contributed by atoms with E-state index >= 15 is 0 Å². The van der Waals surface area contributed by atoms with Crippen molar-refractivity contribution in [1.82, 2.24) is 14.7 Å². The molecule has 1 aromatic rings. The first kappa shape index (κ1) is 17.9. The molecule has 0 N–H and O–H groups in total. The first-order chi connectivity index (χ1) is 12.1. The molecule has 1 saturated heterocycles. The SMILES string of the molecule is CN(C(=O)CN1CCN(C(=O)c2ccccc2)CC1)C1CCCCC1. The van der Waals surface area contributed by atoms with E-state index < -0.39 is 0 Å². The summed E-state index contributed by atoms with van der Waals surface area (Å²) in [6, 6.07) is 9.84. The van der Waals surface area contributed by atoms with Crippen molar-refractivity contribution in [2.24, 2.45) is 0 Å². The second kappa shape index (κ2) is 8.48. The molecule has 0 spiro atoms. The summed E-state index contributed by atoms with van der Waals surface area (Å²) in [5, 5.41) is 0. The van der Waals surface area contributed by atoms with Gasteiger partial charge in [-0.2, -0.15) is 0 Å². The molecule has 2 fully saturated rings. The van der Waals surface area contributed by atoms with E-state index in [9.17, 15) is 9.59 Å². The zero-order valence-electron chi connectivity index (χ0n) is 15.2. The maximum Gasteiger partial charge on any atom is 0.253 e. The van der Waals surface area contributed by atoms with Crippen LogP contribution in [-0.2, 0) is 4.79 Å². The molecule has 0 aromatic heterocycles. The van der Waals surface area contributed by atoms with Gasteiger partial charge in [-0.3, -0.25) is 14.5 Å². The monoisotopic (exact) mass is 343 g/mol. The molecule has 2 aliphatic rings. The van der Waals surface area contributed by atoms with Crippen LogP contribution in [0.4, 0.5) is 0 Å². The Bertz CT molecular complexity index is 576. The lowest BCUT2D eigenvalue weighted by Gasteiger charge is -2.37. The van der Waals surface area contributed by atoms with Crippen molar-refractivity contribution in [2.75, 3.05) is 39.8 Å². The minimum atomic E-state index is 0.0888. The summed E-state index contributed by atoms with van der Waals surface area (Å²) in [5.74, 6) is 0.306. The van der Waals surface area contributed by atoms with E-state index in [1.54, 1.807) is 0 Å². The third-order valence-electron chi connectivity index (χ3n) is 5.55. The minimum Gasteiger partial charge on any atom is -0.342 e. The van der Waals surface area contributed by atoms with Crippen molar-refractivity contribution in [2.45, 2.75) is 38.1 Å². The van der Waals surface area contributed by atoms with Crippen LogP contribution in [0.15, 0.2) is 30.3 Å². The van der Waals surface area contributed by atoms with E-state index in [-0.39, 0.29) is 11.8 Å². The Hall–Kier alpha value is -1.88. The number of hydrogen-bond acceptors (Lipinski definition) is 3. The van der Waals surface area contributed by atoms with E-state index in [0.717, 1.165) is 31.5 Å². The molecule has 1 aromatic carbocycles. The van der Waals surface area contributed by atoms with Crippen LogP contribution in [0.1, 0.15) is 42.5 Å². The molecule has 25 heavy (non-hydrogen) atoms. The Kier molecular flexibility index (Phi) is 6.08. The molecule has 1 aliphatic carbocycles. The minimum absolute atomic E-state index is 0.0888. The highest BCUT2D eigenvalue weighted by Crippen LogP contribution is 2.21. The number of rotatable bonds is 4. The Morgan fingerprint density at radius 3 is 2.28 bits per heavy atom. The quantitative estimate of drug-likeness (QED) is 0.842. The first-order valence-electron chi connectivity index (χ1n) is 9.47. The van der Waals surface area contributed by atoms with Crippen LogP contribution in [0.2, 0.25) is 0 Å². The topological polar surface area (TPSA) is 43.9 Å². The zero-order chi connectivity index (χ0) is 17.6. The number of hydrogen-bond donors (Lipinski definition) is 0. The summed E-state index contributed by atoms with van der Waals surface area (Å²) >= 11 is 0. The van der Waals surface area contributed by atoms with Crippen LogP contribution in [0, 0.1) is 0 Å². The van der Waals surface area contributed by atoms with Gasteiger partial charge in [0.25, 0.3) is 5.91 Å². The van der Waals surface area contributed by atoms with Gasteiger partial charge in [0, 0.05) is 44.8 Å². The van der Waals surface area contributed by atoms with Gasteiger partial charge in [-0.05, 0) is 25.0 Å². The number of carbonyl (C=O) groups is 2. The third kappa shape index (κ3) is 4.60. The molecule has 0 radical (unpaired) electrons. The number of benzene rings is 1. The van der Waals surface area contributed by atoms with Gasteiger partial charge in [-0.1, -0.05) is 37.5 Å². The Labute approximate surface area is 150 Å². The van der Waals surface area contributed by atoms with Crippen molar-refractivity contribution in [3.8, 4) is 0 Å². The normalized spacial score (nSPS) is 19.6. The second-order valence-corrected chi connectivity index (χ2v) is 7.23. The van der Waals surface area contributed by atoms with Gasteiger partial charge in [0.15, 0.2) is 0 Å². The summed E-state index contributed by atoms with van der Waals surface area (Å²) in [4.78, 5) is 31.1. The molecule has 1 aliphatic heterocycles. The first-order valence-corrected chi connectivity index (χ1v) is 9.47.